The van der Waals surface area contributed by atoms with E-state index in [4.69, 9.17) is 4.74 Å². The van der Waals surface area contributed by atoms with Gasteiger partial charge in [-0.15, -0.1) is 0 Å². The number of fused-ring (bicyclic) bond motifs is 1. The van der Waals surface area contributed by atoms with E-state index in [-0.39, 0.29) is 11.5 Å². The molecule has 1 heterocycles. The lowest BCUT2D eigenvalue weighted by molar-refractivity contribution is 0.0986. The number of ether oxygens (including phenoxy) is 1. The summed E-state index contributed by atoms with van der Waals surface area (Å²) >= 11 is 0. The van der Waals surface area contributed by atoms with Crippen LogP contribution in [0.2, 0.25) is 0 Å². The first-order chi connectivity index (χ1) is 9.52. The van der Waals surface area contributed by atoms with Gasteiger partial charge < -0.3 is 14.4 Å². The van der Waals surface area contributed by atoms with Gasteiger partial charge in [0, 0.05) is 17.5 Å². The fourth-order valence-electron chi connectivity index (χ4n) is 3.18. The summed E-state index contributed by atoms with van der Waals surface area (Å²) in [6, 6.07) is 10.0. The van der Waals surface area contributed by atoms with E-state index in [9.17, 15) is 5.11 Å². The number of hydrogen-bond acceptors (Lipinski definition) is 2. The molecule has 1 aromatic carbocycles. The summed E-state index contributed by atoms with van der Waals surface area (Å²) in [6.45, 7) is 4.41. The number of aliphatic hydroxyl groups is 1. The van der Waals surface area contributed by atoms with Gasteiger partial charge in [-0.25, -0.2) is 0 Å². The normalized spacial score (nSPS) is 20.5. The second-order valence-electron chi connectivity index (χ2n) is 6.32. The van der Waals surface area contributed by atoms with Crippen molar-refractivity contribution in [1.82, 2.24) is 4.57 Å². The third kappa shape index (κ3) is 2.12. The predicted molar refractivity (Wildman–Crippen MR) is 79.4 cm³/mol. The van der Waals surface area contributed by atoms with Crippen LogP contribution in [-0.2, 0) is 6.42 Å². The quantitative estimate of drug-likeness (QED) is 0.907. The SMILES string of the molecule is COc1ccccc1-n1ccc2c1CC(C)(C)CC2O. The van der Waals surface area contributed by atoms with E-state index < -0.39 is 0 Å². The van der Waals surface area contributed by atoms with Crippen molar-refractivity contribution in [2.75, 3.05) is 7.11 Å². The number of para-hydroxylation sites is 2. The highest BCUT2D eigenvalue weighted by molar-refractivity contribution is 5.50. The van der Waals surface area contributed by atoms with E-state index in [1.807, 2.05) is 36.5 Å². The maximum absolute atomic E-state index is 10.3. The standard InChI is InChI=1S/C17H21NO2/c1-17(2)10-14-12(15(19)11-17)8-9-18(14)13-6-4-5-7-16(13)20-3/h4-9,15,19H,10-11H2,1-3H3. The lowest BCUT2D eigenvalue weighted by Crippen LogP contribution is -2.26. The maximum Gasteiger partial charge on any atom is 0.142 e. The number of benzene rings is 1. The maximum atomic E-state index is 10.3. The van der Waals surface area contributed by atoms with Crippen molar-refractivity contribution in [1.29, 1.82) is 0 Å². The van der Waals surface area contributed by atoms with Crippen molar-refractivity contribution in [3.05, 3.63) is 47.8 Å². The molecule has 20 heavy (non-hydrogen) atoms. The Morgan fingerprint density at radius 1 is 1.25 bits per heavy atom. The van der Waals surface area contributed by atoms with E-state index in [1.54, 1.807) is 7.11 Å². The number of aromatic nitrogens is 1. The molecule has 0 radical (unpaired) electrons. The highest BCUT2D eigenvalue weighted by Crippen LogP contribution is 2.42. The molecule has 1 atom stereocenters. The molecule has 3 heteroatoms. The molecule has 0 saturated carbocycles. The number of methoxy groups -OCH3 is 1. The summed E-state index contributed by atoms with van der Waals surface area (Å²) < 4.78 is 7.61. The average Bonchev–Trinajstić information content (AvgIpc) is 2.81. The Hall–Kier alpha value is -1.74. The Morgan fingerprint density at radius 3 is 2.75 bits per heavy atom. The predicted octanol–water partition coefficient (Wildman–Crippen LogP) is 3.49. The van der Waals surface area contributed by atoms with Crippen LogP contribution in [0.25, 0.3) is 5.69 Å². The molecular weight excluding hydrogens is 250 g/mol. The Kier molecular flexibility index (Phi) is 3.09. The molecule has 3 nitrogen and oxygen atoms in total. The molecular formula is C17H21NO2. The summed E-state index contributed by atoms with van der Waals surface area (Å²) in [4.78, 5) is 0. The summed E-state index contributed by atoms with van der Waals surface area (Å²) in [5.74, 6) is 0.851. The first-order valence-electron chi connectivity index (χ1n) is 7.03. The number of aliphatic hydroxyl groups excluding tert-OH is 1. The molecule has 3 rings (SSSR count). The smallest absolute Gasteiger partial charge is 0.142 e. The van der Waals surface area contributed by atoms with Gasteiger partial charge in [0.25, 0.3) is 0 Å². The molecule has 1 N–H and O–H groups in total. The lowest BCUT2D eigenvalue weighted by Gasteiger charge is -2.34. The number of nitrogens with zero attached hydrogens (tertiary/aromatic N) is 1. The van der Waals surface area contributed by atoms with Crippen molar-refractivity contribution in [2.24, 2.45) is 5.41 Å². The molecule has 0 saturated heterocycles. The Labute approximate surface area is 119 Å². The summed E-state index contributed by atoms with van der Waals surface area (Å²) in [5.41, 5.74) is 3.39. The average molecular weight is 271 g/mol. The third-order valence-corrected chi connectivity index (χ3v) is 4.12. The summed E-state index contributed by atoms with van der Waals surface area (Å²) in [6.07, 6.45) is 3.44. The van der Waals surface area contributed by atoms with Gasteiger partial charge in [-0.3, -0.25) is 0 Å². The highest BCUT2D eigenvalue weighted by Gasteiger charge is 2.33. The molecule has 1 aliphatic rings. The molecule has 0 amide bonds. The van der Waals surface area contributed by atoms with Crippen LogP contribution in [0.3, 0.4) is 0 Å². The molecule has 0 bridgehead atoms. The zero-order valence-electron chi connectivity index (χ0n) is 12.3. The molecule has 106 valence electrons. The van der Waals surface area contributed by atoms with Gasteiger partial charge >= 0.3 is 0 Å². The first kappa shape index (κ1) is 13.3. The molecule has 0 aliphatic heterocycles. The van der Waals surface area contributed by atoms with E-state index >= 15 is 0 Å². The minimum atomic E-state index is -0.371. The van der Waals surface area contributed by atoms with Gasteiger partial charge in [0.2, 0.25) is 0 Å². The van der Waals surface area contributed by atoms with Crippen LogP contribution in [0.5, 0.6) is 5.75 Å². The first-order valence-corrected chi connectivity index (χ1v) is 7.03. The minimum absolute atomic E-state index is 0.116. The minimum Gasteiger partial charge on any atom is -0.495 e. The van der Waals surface area contributed by atoms with Gasteiger partial charge in [-0.2, -0.15) is 0 Å². The van der Waals surface area contributed by atoms with Gasteiger partial charge in [0.1, 0.15) is 5.75 Å². The van der Waals surface area contributed by atoms with E-state index in [2.05, 4.69) is 18.4 Å². The fourth-order valence-corrected chi connectivity index (χ4v) is 3.18. The zero-order valence-corrected chi connectivity index (χ0v) is 12.3. The molecule has 0 spiro atoms. The van der Waals surface area contributed by atoms with E-state index in [0.29, 0.717) is 0 Å². The Morgan fingerprint density at radius 2 is 2.00 bits per heavy atom. The molecule has 1 unspecified atom stereocenters. The van der Waals surface area contributed by atoms with Gasteiger partial charge in [-0.1, -0.05) is 26.0 Å². The van der Waals surface area contributed by atoms with Crippen molar-refractivity contribution < 1.29 is 9.84 Å². The van der Waals surface area contributed by atoms with Crippen LogP contribution in [0.1, 0.15) is 37.6 Å². The van der Waals surface area contributed by atoms with Gasteiger partial charge in [0.15, 0.2) is 0 Å². The van der Waals surface area contributed by atoms with Crippen LogP contribution < -0.4 is 4.74 Å². The van der Waals surface area contributed by atoms with Crippen molar-refractivity contribution in [3.8, 4) is 11.4 Å². The largest absolute Gasteiger partial charge is 0.495 e. The summed E-state index contributed by atoms with van der Waals surface area (Å²) in [7, 11) is 1.69. The third-order valence-electron chi connectivity index (χ3n) is 4.12. The van der Waals surface area contributed by atoms with Gasteiger partial charge in [0.05, 0.1) is 18.9 Å². The highest BCUT2D eigenvalue weighted by atomic mass is 16.5. The van der Waals surface area contributed by atoms with Crippen molar-refractivity contribution in [2.45, 2.75) is 32.8 Å². The topological polar surface area (TPSA) is 34.4 Å². The Balaban J connectivity index is 2.13. The molecule has 1 aromatic heterocycles. The number of hydrogen-bond donors (Lipinski definition) is 1. The lowest BCUT2D eigenvalue weighted by atomic mass is 9.75. The van der Waals surface area contributed by atoms with Crippen LogP contribution in [0.15, 0.2) is 36.5 Å². The Bertz CT molecular complexity index is 628. The molecule has 2 aromatic rings. The van der Waals surface area contributed by atoms with Crippen LogP contribution in [0, 0.1) is 5.41 Å². The fraction of sp³-hybridized carbons (Fsp3) is 0.412. The van der Waals surface area contributed by atoms with Crippen molar-refractivity contribution in [3.63, 3.8) is 0 Å². The molecule has 0 fully saturated rings. The van der Waals surface area contributed by atoms with Crippen LogP contribution in [-0.4, -0.2) is 16.8 Å². The second-order valence-corrected chi connectivity index (χ2v) is 6.32. The van der Waals surface area contributed by atoms with Crippen LogP contribution >= 0.6 is 0 Å². The van der Waals surface area contributed by atoms with Crippen molar-refractivity contribution >= 4 is 0 Å². The zero-order chi connectivity index (χ0) is 14.3. The molecule has 1 aliphatic carbocycles. The van der Waals surface area contributed by atoms with E-state index in [1.165, 1.54) is 5.69 Å². The van der Waals surface area contributed by atoms with Crippen LogP contribution in [0.4, 0.5) is 0 Å². The second kappa shape index (κ2) is 4.67. The monoisotopic (exact) mass is 271 g/mol. The van der Waals surface area contributed by atoms with E-state index in [0.717, 1.165) is 29.8 Å². The number of rotatable bonds is 2. The summed E-state index contributed by atoms with van der Waals surface area (Å²) in [5, 5.41) is 10.3. The van der Waals surface area contributed by atoms with Gasteiger partial charge in [-0.05, 0) is 36.5 Å².